The van der Waals surface area contributed by atoms with Crippen LogP contribution >= 0.6 is 0 Å². The molecule has 4 aliphatic rings. The van der Waals surface area contributed by atoms with Crippen LogP contribution in [0.3, 0.4) is 0 Å². The molecule has 0 unspecified atom stereocenters. The van der Waals surface area contributed by atoms with Gasteiger partial charge in [0.2, 0.25) is 17.7 Å². The fourth-order valence-electron chi connectivity index (χ4n) is 6.94. The summed E-state index contributed by atoms with van der Waals surface area (Å²) in [6, 6.07) is 8.21. The zero-order valence-corrected chi connectivity index (χ0v) is 21.1. The van der Waals surface area contributed by atoms with Gasteiger partial charge in [0.15, 0.2) is 0 Å². The lowest BCUT2D eigenvalue weighted by Gasteiger charge is -2.35. The Balaban J connectivity index is 1.32. The van der Waals surface area contributed by atoms with Gasteiger partial charge < -0.3 is 15.1 Å². The van der Waals surface area contributed by atoms with E-state index in [2.05, 4.69) is 23.5 Å². The average Bonchev–Trinajstić information content (AvgIpc) is 3.33. The molecular weight excluding hydrogens is 438 g/mol. The first-order valence-electron chi connectivity index (χ1n) is 14.0. The van der Waals surface area contributed by atoms with E-state index in [-0.39, 0.29) is 35.6 Å². The summed E-state index contributed by atoms with van der Waals surface area (Å²) in [7, 11) is 0. The van der Waals surface area contributed by atoms with Crippen LogP contribution in [0.25, 0.3) is 0 Å². The standard InChI is InChI=1S/C29H41N3O3/c33-27(17-21-9-3-1-4-10-21)32-15-8-2-7-14-30-28(34)25-18-24(19-26(25)32)29(35)31-16-13-22-11-5-6-12-23(22)20-31/h5-6,11-12,21,24-26H,1-4,7-10,13-20H2,(H,30,34)/t24-,25-,26+/m0/s1. The van der Waals surface area contributed by atoms with Crippen LogP contribution in [0.2, 0.25) is 0 Å². The first kappa shape index (κ1) is 24.3. The Bertz CT molecular complexity index is 926. The smallest absolute Gasteiger partial charge is 0.226 e. The third-order valence-electron chi connectivity index (χ3n) is 8.94. The molecule has 0 radical (unpaired) electrons. The second kappa shape index (κ2) is 11.1. The van der Waals surface area contributed by atoms with Crippen LogP contribution < -0.4 is 5.32 Å². The highest BCUT2D eigenvalue weighted by atomic mass is 16.2. The molecule has 190 valence electrons. The molecule has 3 fully saturated rings. The summed E-state index contributed by atoms with van der Waals surface area (Å²) in [5.74, 6) is 0.411. The number of nitrogens with one attached hydrogen (secondary N) is 1. The van der Waals surface area contributed by atoms with Gasteiger partial charge in [0, 0.05) is 44.6 Å². The van der Waals surface area contributed by atoms with Gasteiger partial charge in [-0.3, -0.25) is 14.4 Å². The Morgan fingerprint density at radius 2 is 1.69 bits per heavy atom. The highest BCUT2D eigenvalue weighted by Crippen LogP contribution is 2.38. The molecule has 2 saturated carbocycles. The van der Waals surface area contributed by atoms with Gasteiger partial charge in [-0.1, -0.05) is 43.5 Å². The van der Waals surface area contributed by atoms with E-state index in [9.17, 15) is 14.4 Å². The maximum absolute atomic E-state index is 13.7. The van der Waals surface area contributed by atoms with E-state index in [1.54, 1.807) is 0 Å². The van der Waals surface area contributed by atoms with Crippen molar-refractivity contribution in [1.82, 2.24) is 15.1 Å². The van der Waals surface area contributed by atoms with Crippen LogP contribution in [0.5, 0.6) is 0 Å². The number of amides is 3. The first-order valence-corrected chi connectivity index (χ1v) is 14.0. The molecule has 5 rings (SSSR count). The molecule has 1 aromatic rings. The normalized spacial score (nSPS) is 28.1. The summed E-state index contributed by atoms with van der Waals surface area (Å²) in [5, 5.41) is 3.11. The van der Waals surface area contributed by atoms with E-state index in [1.165, 1.54) is 30.4 Å². The van der Waals surface area contributed by atoms with Crippen LogP contribution in [0.4, 0.5) is 0 Å². The third kappa shape index (κ3) is 5.57. The Labute approximate surface area is 209 Å². The molecular formula is C29H41N3O3. The maximum atomic E-state index is 13.7. The Morgan fingerprint density at radius 3 is 2.51 bits per heavy atom. The number of fused-ring (bicyclic) bond motifs is 2. The van der Waals surface area contributed by atoms with Crippen molar-refractivity contribution in [2.45, 2.75) is 89.6 Å². The molecule has 0 spiro atoms. The van der Waals surface area contributed by atoms with Gasteiger partial charge in [-0.05, 0) is 68.4 Å². The molecule has 2 heterocycles. The number of benzene rings is 1. The van der Waals surface area contributed by atoms with Gasteiger partial charge in [0.25, 0.3) is 0 Å². The Hall–Kier alpha value is -2.37. The zero-order valence-electron chi connectivity index (χ0n) is 21.1. The highest BCUT2D eigenvalue weighted by Gasteiger charge is 2.46. The summed E-state index contributed by atoms with van der Waals surface area (Å²) in [4.78, 5) is 44.5. The predicted molar refractivity (Wildman–Crippen MR) is 135 cm³/mol. The molecule has 2 aliphatic carbocycles. The van der Waals surface area contributed by atoms with Gasteiger partial charge in [-0.15, -0.1) is 0 Å². The van der Waals surface area contributed by atoms with Gasteiger partial charge in [-0.2, -0.15) is 0 Å². The summed E-state index contributed by atoms with van der Waals surface area (Å²) < 4.78 is 0. The number of carbonyl (C=O) groups excluding carboxylic acids is 3. The second-order valence-corrected chi connectivity index (χ2v) is 11.3. The van der Waals surface area contributed by atoms with Crippen LogP contribution in [0.15, 0.2) is 24.3 Å². The van der Waals surface area contributed by atoms with Gasteiger partial charge in [0.1, 0.15) is 0 Å². The minimum atomic E-state index is -0.283. The van der Waals surface area contributed by atoms with Gasteiger partial charge in [-0.25, -0.2) is 0 Å². The largest absolute Gasteiger partial charge is 0.356 e. The number of hydrogen-bond donors (Lipinski definition) is 1. The molecule has 1 N–H and O–H groups in total. The quantitative estimate of drug-likeness (QED) is 0.711. The molecule has 6 heteroatoms. The highest BCUT2D eigenvalue weighted by molar-refractivity contribution is 5.85. The molecule has 6 nitrogen and oxygen atoms in total. The van der Waals surface area contributed by atoms with Crippen molar-refractivity contribution >= 4 is 17.7 Å². The summed E-state index contributed by atoms with van der Waals surface area (Å²) in [5.41, 5.74) is 2.56. The first-order chi connectivity index (χ1) is 17.1. The lowest BCUT2D eigenvalue weighted by atomic mass is 9.86. The maximum Gasteiger partial charge on any atom is 0.226 e. The van der Waals surface area contributed by atoms with Gasteiger partial charge in [0.05, 0.1) is 5.92 Å². The molecule has 2 aliphatic heterocycles. The van der Waals surface area contributed by atoms with E-state index in [0.717, 1.165) is 51.6 Å². The minimum Gasteiger partial charge on any atom is -0.356 e. The molecule has 1 aromatic carbocycles. The molecule has 1 saturated heterocycles. The fraction of sp³-hybridized carbons (Fsp3) is 0.690. The van der Waals surface area contributed by atoms with Crippen molar-refractivity contribution in [3.05, 3.63) is 35.4 Å². The fourth-order valence-corrected chi connectivity index (χ4v) is 6.94. The molecule has 0 aromatic heterocycles. The van der Waals surface area contributed by atoms with Crippen molar-refractivity contribution in [2.24, 2.45) is 17.8 Å². The monoisotopic (exact) mass is 479 g/mol. The van der Waals surface area contributed by atoms with Crippen molar-refractivity contribution in [3.63, 3.8) is 0 Å². The van der Waals surface area contributed by atoms with E-state index in [4.69, 9.17) is 0 Å². The molecule has 3 atom stereocenters. The number of hydrogen-bond acceptors (Lipinski definition) is 3. The number of rotatable bonds is 3. The molecule has 3 amide bonds. The summed E-state index contributed by atoms with van der Waals surface area (Å²) >= 11 is 0. The average molecular weight is 480 g/mol. The lowest BCUT2D eigenvalue weighted by Crippen LogP contribution is -2.48. The number of nitrogens with zero attached hydrogens (tertiary/aromatic N) is 2. The zero-order chi connectivity index (χ0) is 24.2. The lowest BCUT2D eigenvalue weighted by molar-refractivity contribution is -0.139. The van der Waals surface area contributed by atoms with Crippen LogP contribution in [-0.4, -0.2) is 53.2 Å². The number of carbonyl (C=O) groups is 3. The third-order valence-corrected chi connectivity index (χ3v) is 8.94. The van der Waals surface area contributed by atoms with Crippen molar-refractivity contribution in [2.75, 3.05) is 19.6 Å². The van der Waals surface area contributed by atoms with E-state index in [0.29, 0.717) is 38.3 Å². The van der Waals surface area contributed by atoms with Crippen molar-refractivity contribution in [1.29, 1.82) is 0 Å². The SMILES string of the molecule is O=C1NCCCCCN(C(=O)CC2CCCCC2)[C@@H]2C[C@@H](C(=O)N3CCc4ccccc4C3)C[C@H]12. The van der Waals surface area contributed by atoms with Gasteiger partial charge >= 0.3 is 0 Å². The molecule has 35 heavy (non-hydrogen) atoms. The summed E-state index contributed by atoms with van der Waals surface area (Å²) in [6.07, 6.45) is 11.6. The Kier molecular flexibility index (Phi) is 7.74. The van der Waals surface area contributed by atoms with E-state index < -0.39 is 0 Å². The van der Waals surface area contributed by atoms with E-state index >= 15 is 0 Å². The van der Waals surface area contributed by atoms with Crippen LogP contribution in [0.1, 0.15) is 81.8 Å². The Morgan fingerprint density at radius 1 is 0.914 bits per heavy atom. The van der Waals surface area contributed by atoms with Crippen molar-refractivity contribution < 1.29 is 14.4 Å². The summed E-state index contributed by atoms with van der Waals surface area (Å²) in [6.45, 7) is 2.80. The minimum absolute atomic E-state index is 0.0339. The van der Waals surface area contributed by atoms with Crippen molar-refractivity contribution in [3.8, 4) is 0 Å². The van der Waals surface area contributed by atoms with Crippen LogP contribution in [-0.2, 0) is 27.3 Å². The topological polar surface area (TPSA) is 69.7 Å². The van der Waals surface area contributed by atoms with E-state index in [1.807, 2.05) is 15.9 Å². The van der Waals surface area contributed by atoms with Crippen LogP contribution in [0, 0.1) is 17.8 Å². The second-order valence-electron chi connectivity index (χ2n) is 11.3. The predicted octanol–water partition coefficient (Wildman–Crippen LogP) is 4.07. The molecule has 0 bridgehead atoms.